The number of aliphatic hydroxyl groups excluding tert-OH is 1. The normalized spacial score (nSPS) is 14.5. The lowest BCUT2D eigenvalue weighted by Crippen LogP contribution is -2.03. The number of rotatable bonds is 7. The molecule has 0 aliphatic rings. The van der Waals surface area contributed by atoms with E-state index in [9.17, 15) is 8.78 Å². The molecule has 0 aliphatic carbocycles. The molecule has 0 fully saturated rings. The fraction of sp³-hybridized carbons (Fsp3) is 1.00. The first-order valence-electron chi connectivity index (χ1n) is 4.12. The molecule has 0 aromatic heterocycles. The first-order valence-corrected chi connectivity index (χ1v) is 6.12. The van der Waals surface area contributed by atoms with Crippen LogP contribution in [0.25, 0.3) is 0 Å². The first kappa shape index (κ1) is 11.0. The second kappa shape index (κ2) is 8.14. The number of hydrogen-bond acceptors (Lipinski definition) is 1. The summed E-state index contributed by atoms with van der Waals surface area (Å²) < 4.78 is 24.1. The third-order valence-corrected chi connectivity index (χ3v) is 3.32. The third-order valence-electron chi connectivity index (χ3n) is 1.60. The van der Waals surface area contributed by atoms with E-state index >= 15 is 0 Å². The number of alkyl halides is 2. The molecule has 1 unspecified atom stereocenters. The van der Waals surface area contributed by atoms with Gasteiger partial charge in [0, 0.05) is 22.5 Å². The summed E-state index contributed by atoms with van der Waals surface area (Å²) in [6.07, 6.45) is -0.407. The van der Waals surface area contributed by atoms with Gasteiger partial charge in [0.15, 0.2) is 0 Å². The van der Waals surface area contributed by atoms with Gasteiger partial charge in [-0.25, -0.2) is 4.39 Å². The highest BCUT2D eigenvalue weighted by Gasteiger charge is 2.04. The van der Waals surface area contributed by atoms with Gasteiger partial charge in [0.2, 0.25) is 0 Å². The molecule has 0 aliphatic heterocycles. The Morgan fingerprint density at radius 3 is 2.55 bits per heavy atom. The molecule has 0 amide bonds. The molecule has 0 rings (SSSR count). The number of hydrogen-bond donors (Lipinski definition) is 1. The molecule has 0 heterocycles. The maximum absolute atomic E-state index is 12.6. The summed E-state index contributed by atoms with van der Waals surface area (Å²) >= 11 is 0. The minimum absolute atomic E-state index is 0.0491. The smallest absolute Gasteiger partial charge is 0.102 e. The van der Waals surface area contributed by atoms with E-state index in [2.05, 4.69) is 0 Å². The summed E-state index contributed by atoms with van der Waals surface area (Å²) in [6.45, 7) is -0.324. The highest BCUT2D eigenvalue weighted by atomic mass is 28.2. The molecule has 0 spiro atoms. The average Bonchev–Trinajstić information content (AvgIpc) is 1.99. The second-order valence-electron chi connectivity index (χ2n) is 2.65. The van der Waals surface area contributed by atoms with Gasteiger partial charge in [-0.15, -0.1) is 0 Å². The lowest BCUT2D eigenvalue weighted by Gasteiger charge is -2.03. The molecular formula is C7H16F2OSi. The molecule has 68 valence electrons. The summed E-state index contributed by atoms with van der Waals surface area (Å²) in [7, 11) is -0.261. The van der Waals surface area contributed by atoms with Crippen molar-refractivity contribution in [2.24, 2.45) is 0 Å². The van der Waals surface area contributed by atoms with Gasteiger partial charge in [-0.3, -0.25) is 4.39 Å². The van der Waals surface area contributed by atoms with Crippen LogP contribution < -0.4 is 0 Å². The van der Waals surface area contributed by atoms with Crippen molar-refractivity contribution in [2.45, 2.75) is 31.1 Å². The zero-order valence-electron chi connectivity index (χ0n) is 6.73. The van der Waals surface area contributed by atoms with Crippen molar-refractivity contribution in [3.8, 4) is 0 Å². The summed E-state index contributed by atoms with van der Waals surface area (Å²) in [6, 6.07) is 1.75. The van der Waals surface area contributed by atoms with E-state index in [4.69, 9.17) is 5.11 Å². The standard InChI is InChI=1S/C7H16F2OSi/c8-3-1-7(9)2-5-11-6-4-10/h7,10H,1-6,11H2. The van der Waals surface area contributed by atoms with Crippen LogP contribution >= 0.6 is 0 Å². The fourth-order valence-electron chi connectivity index (χ4n) is 0.917. The van der Waals surface area contributed by atoms with Crippen molar-refractivity contribution in [3.63, 3.8) is 0 Å². The predicted molar refractivity (Wildman–Crippen MR) is 45.3 cm³/mol. The maximum atomic E-state index is 12.6. The Kier molecular flexibility index (Phi) is 8.16. The van der Waals surface area contributed by atoms with Crippen LogP contribution in [0.4, 0.5) is 8.78 Å². The monoisotopic (exact) mass is 182 g/mol. The largest absolute Gasteiger partial charge is 0.397 e. The van der Waals surface area contributed by atoms with Gasteiger partial charge < -0.3 is 5.11 Å². The minimum Gasteiger partial charge on any atom is -0.397 e. The van der Waals surface area contributed by atoms with Crippen molar-refractivity contribution >= 4 is 9.52 Å². The van der Waals surface area contributed by atoms with Gasteiger partial charge in [-0.1, -0.05) is 6.04 Å². The topological polar surface area (TPSA) is 20.2 Å². The second-order valence-corrected chi connectivity index (χ2v) is 4.77. The van der Waals surface area contributed by atoms with Crippen LogP contribution in [0.1, 0.15) is 12.8 Å². The average molecular weight is 182 g/mol. The number of aliphatic hydroxyl groups is 1. The molecule has 0 saturated heterocycles. The molecule has 0 saturated carbocycles. The minimum atomic E-state index is -0.953. The molecular weight excluding hydrogens is 166 g/mol. The van der Waals surface area contributed by atoms with E-state index in [1.807, 2.05) is 0 Å². The van der Waals surface area contributed by atoms with E-state index in [0.717, 1.165) is 12.1 Å². The van der Waals surface area contributed by atoms with Crippen molar-refractivity contribution in [2.75, 3.05) is 13.3 Å². The molecule has 0 aromatic carbocycles. The first-order chi connectivity index (χ1) is 5.31. The Balaban J connectivity index is 2.97. The predicted octanol–water partition coefficient (Wildman–Crippen LogP) is 1.07. The molecule has 0 bridgehead atoms. The lowest BCUT2D eigenvalue weighted by atomic mass is 10.2. The van der Waals surface area contributed by atoms with Gasteiger partial charge >= 0.3 is 0 Å². The SMILES string of the molecule is OCC[SiH2]CCC(F)CCF. The van der Waals surface area contributed by atoms with E-state index in [-0.39, 0.29) is 22.5 Å². The van der Waals surface area contributed by atoms with Crippen LogP contribution in [-0.4, -0.2) is 34.1 Å². The molecule has 1 atom stereocenters. The van der Waals surface area contributed by atoms with Crippen LogP contribution in [-0.2, 0) is 0 Å². The highest BCUT2D eigenvalue weighted by molar-refractivity contribution is 6.35. The van der Waals surface area contributed by atoms with Gasteiger partial charge in [-0.2, -0.15) is 0 Å². The van der Waals surface area contributed by atoms with Crippen molar-refractivity contribution in [3.05, 3.63) is 0 Å². The Bertz CT molecular complexity index is 82.8. The molecule has 4 heteroatoms. The van der Waals surface area contributed by atoms with Crippen LogP contribution in [0.5, 0.6) is 0 Å². The van der Waals surface area contributed by atoms with Crippen molar-refractivity contribution in [1.29, 1.82) is 0 Å². The molecule has 0 radical (unpaired) electrons. The van der Waals surface area contributed by atoms with Gasteiger partial charge in [0.05, 0.1) is 6.67 Å². The zero-order chi connectivity index (χ0) is 8.53. The van der Waals surface area contributed by atoms with E-state index in [0.29, 0.717) is 6.42 Å². The third kappa shape index (κ3) is 7.94. The highest BCUT2D eigenvalue weighted by Crippen LogP contribution is 2.07. The van der Waals surface area contributed by atoms with Crippen LogP contribution in [0.15, 0.2) is 0 Å². The van der Waals surface area contributed by atoms with Crippen LogP contribution in [0.3, 0.4) is 0 Å². The van der Waals surface area contributed by atoms with Gasteiger partial charge in [0.25, 0.3) is 0 Å². The Morgan fingerprint density at radius 2 is 2.00 bits per heavy atom. The van der Waals surface area contributed by atoms with Crippen LogP contribution in [0, 0.1) is 0 Å². The molecule has 1 nitrogen and oxygen atoms in total. The van der Waals surface area contributed by atoms with Gasteiger partial charge in [-0.05, 0) is 12.5 Å². The van der Waals surface area contributed by atoms with E-state index in [1.165, 1.54) is 0 Å². The lowest BCUT2D eigenvalue weighted by molar-refractivity contribution is 0.276. The fourth-order valence-corrected chi connectivity index (χ4v) is 2.23. The summed E-state index contributed by atoms with van der Waals surface area (Å²) in [5.41, 5.74) is 0. The quantitative estimate of drug-likeness (QED) is 0.461. The van der Waals surface area contributed by atoms with Gasteiger partial charge in [0.1, 0.15) is 6.17 Å². The molecule has 0 aromatic rings. The summed E-state index contributed by atoms with van der Waals surface area (Å²) in [4.78, 5) is 0. The summed E-state index contributed by atoms with van der Waals surface area (Å²) in [5, 5.41) is 8.42. The Labute approximate surface area is 68.6 Å². The molecule has 11 heavy (non-hydrogen) atoms. The van der Waals surface area contributed by atoms with Crippen molar-refractivity contribution < 1.29 is 13.9 Å². The van der Waals surface area contributed by atoms with E-state index in [1.54, 1.807) is 0 Å². The Morgan fingerprint density at radius 1 is 1.27 bits per heavy atom. The van der Waals surface area contributed by atoms with Crippen LogP contribution in [0.2, 0.25) is 12.1 Å². The maximum Gasteiger partial charge on any atom is 0.102 e. The van der Waals surface area contributed by atoms with E-state index < -0.39 is 12.8 Å². The number of halogens is 2. The zero-order valence-corrected chi connectivity index (χ0v) is 8.14. The summed E-state index contributed by atoms with van der Waals surface area (Å²) in [5.74, 6) is 0. The molecule has 1 N–H and O–H groups in total. The van der Waals surface area contributed by atoms with Crippen molar-refractivity contribution in [1.82, 2.24) is 0 Å². The Hall–Kier alpha value is 0.0369.